The van der Waals surface area contributed by atoms with Crippen molar-refractivity contribution < 1.29 is 17.3 Å². The lowest BCUT2D eigenvalue weighted by Gasteiger charge is -2.18. The van der Waals surface area contributed by atoms with Gasteiger partial charge in [-0.25, -0.2) is 0 Å². The summed E-state index contributed by atoms with van der Waals surface area (Å²) in [5.41, 5.74) is 1.68. The molecule has 0 nitrogen and oxygen atoms in total. The molecule has 16 heavy (non-hydrogen) atoms. The second kappa shape index (κ2) is 5.88. The Hall–Kier alpha value is -0.265. The van der Waals surface area contributed by atoms with E-state index in [1.165, 1.54) is 9.13 Å². The van der Waals surface area contributed by atoms with Gasteiger partial charge < -0.3 is 17.3 Å². The number of benzene rings is 1. The Morgan fingerprint density at radius 1 is 0.938 bits per heavy atom. The van der Waals surface area contributed by atoms with E-state index < -0.39 is 7.25 Å². The van der Waals surface area contributed by atoms with Gasteiger partial charge in [0.1, 0.15) is 0 Å². The molecule has 0 N–H and O–H groups in total. The average molecular weight is 347 g/mol. The van der Waals surface area contributed by atoms with E-state index in [4.69, 9.17) is 0 Å². The smallest absolute Gasteiger partial charge is 0.418 e. The lowest BCUT2D eigenvalue weighted by Crippen LogP contribution is -2.10. The molecule has 0 heterocycles. The fourth-order valence-electron chi connectivity index (χ4n) is 0.950. The minimum absolute atomic E-state index is 0.282. The Balaban J connectivity index is 0.000000385. The Kier molecular flexibility index (Phi) is 5.79. The highest BCUT2D eigenvalue weighted by atomic mass is 127. The minimum atomic E-state index is -6.00. The van der Waals surface area contributed by atoms with Gasteiger partial charge in [-0.05, 0) is 45.7 Å². The molecule has 0 fully saturated rings. The van der Waals surface area contributed by atoms with Crippen LogP contribution in [0.25, 0.3) is 0 Å². The predicted octanol–water partition coefficient (Wildman–Crippen LogP) is 4.89. The Morgan fingerprint density at radius 3 is 1.50 bits per heavy atom. The predicted molar refractivity (Wildman–Crippen MR) is 68.0 cm³/mol. The summed E-state index contributed by atoms with van der Waals surface area (Å²) in [6, 6.07) is 8.70. The van der Waals surface area contributed by atoms with Crippen LogP contribution in [-0.4, -0.2) is 7.25 Å². The second-order valence-corrected chi connectivity index (χ2v) is 5.50. The summed E-state index contributed by atoms with van der Waals surface area (Å²) in [5, 5.41) is 0. The monoisotopic (exact) mass is 347 g/mol. The summed E-state index contributed by atoms with van der Waals surface area (Å²) in [5.74, 6) is 0. The van der Waals surface area contributed by atoms with E-state index in [0.717, 1.165) is 0 Å². The second-order valence-electron chi connectivity index (χ2n) is 4.25. The van der Waals surface area contributed by atoms with Gasteiger partial charge >= 0.3 is 7.25 Å². The largest absolute Gasteiger partial charge is 0.673 e. The van der Waals surface area contributed by atoms with Gasteiger partial charge in [-0.2, -0.15) is 0 Å². The summed E-state index contributed by atoms with van der Waals surface area (Å²) < 4.78 is 40.3. The minimum Gasteiger partial charge on any atom is -0.418 e. The van der Waals surface area contributed by atoms with E-state index in [1.807, 2.05) is 0 Å². The third kappa shape index (κ3) is 9.00. The van der Waals surface area contributed by atoms with Crippen LogP contribution in [-0.2, 0) is 5.41 Å². The van der Waals surface area contributed by atoms with Crippen molar-refractivity contribution in [2.75, 3.05) is 0 Å². The summed E-state index contributed by atoms with van der Waals surface area (Å²) in [7, 11) is -6.00. The molecule has 0 radical (unpaired) electrons. The molecule has 0 aliphatic heterocycles. The molecule has 1 rings (SSSR count). The standard InChI is InChI=1S/C10H13I.BF4/c1-10(2,3)8-4-6-9(11)7-5-8;2-1(3,4)5/h4-7H,1-3H3;/q;-1. The fraction of sp³-hybridized carbons (Fsp3) is 0.400. The van der Waals surface area contributed by atoms with E-state index in [0.29, 0.717) is 0 Å². The number of rotatable bonds is 0. The molecule has 92 valence electrons. The lowest BCUT2D eigenvalue weighted by molar-refractivity contribution is 0.368. The molecule has 0 saturated heterocycles. The number of halogens is 5. The topological polar surface area (TPSA) is 0 Å². The van der Waals surface area contributed by atoms with E-state index in [-0.39, 0.29) is 5.41 Å². The third-order valence-corrected chi connectivity index (χ3v) is 2.43. The Labute approximate surface area is 107 Å². The van der Waals surface area contributed by atoms with Crippen LogP contribution in [0, 0.1) is 3.57 Å². The van der Waals surface area contributed by atoms with Crippen LogP contribution in [0.15, 0.2) is 24.3 Å². The van der Waals surface area contributed by atoms with Crippen LogP contribution in [0.4, 0.5) is 17.3 Å². The normalized spacial score (nSPS) is 11.8. The van der Waals surface area contributed by atoms with Crippen molar-refractivity contribution in [3.05, 3.63) is 33.4 Å². The first-order chi connectivity index (χ1) is 7.00. The van der Waals surface area contributed by atoms with E-state index >= 15 is 0 Å². The van der Waals surface area contributed by atoms with Crippen molar-refractivity contribution in [1.82, 2.24) is 0 Å². The number of hydrogen-bond acceptors (Lipinski definition) is 0. The highest BCUT2D eigenvalue weighted by molar-refractivity contribution is 14.1. The van der Waals surface area contributed by atoms with Crippen LogP contribution in [0.1, 0.15) is 26.3 Å². The van der Waals surface area contributed by atoms with Crippen molar-refractivity contribution in [2.45, 2.75) is 26.2 Å². The average Bonchev–Trinajstić information content (AvgIpc) is 1.99. The first-order valence-electron chi connectivity index (χ1n) is 4.63. The third-order valence-electron chi connectivity index (χ3n) is 1.71. The van der Waals surface area contributed by atoms with Gasteiger partial charge in [0.2, 0.25) is 0 Å². The first kappa shape index (κ1) is 15.7. The Bertz CT molecular complexity index is 307. The molecule has 0 saturated carbocycles. The Morgan fingerprint density at radius 2 is 1.25 bits per heavy atom. The lowest BCUT2D eigenvalue weighted by atomic mass is 9.87. The molecular weight excluding hydrogens is 334 g/mol. The van der Waals surface area contributed by atoms with Gasteiger partial charge in [0, 0.05) is 3.57 Å². The maximum atomic E-state index is 9.75. The van der Waals surface area contributed by atoms with E-state index in [2.05, 4.69) is 67.6 Å². The van der Waals surface area contributed by atoms with Gasteiger partial charge in [0.05, 0.1) is 0 Å². The highest BCUT2D eigenvalue weighted by Crippen LogP contribution is 2.22. The summed E-state index contributed by atoms with van der Waals surface area (Å²) in [6.07, 6.45) is 0. The quantitative estimate of drug-likeness (QED) is 0.356. The van der Waals surface area contributed by atoms with Gasteiger partial charge in [0.25, 0.3) is 0 Å². The maximum absolute atomic E-state index is 9.75. The van der Waals surface area contributed by atoms with E-state index in [9.17, 15) is 17.3 Å². The van der Waals surface area contributed by atoms with Crippen molar-refractivity contribution >= 4 is 29.8 Å². The van der Waals surface area contributed by atoms with Crippen LogP contribution in [0.2, 0.25) is 0 Å². The summed E-state index contributed by atoms with van der Waals surface area (Å²) >= 11 is 2.32. The zero-order chi connectivity index (χ0) is 13.0. The van der Waals surface area contributed by atoms with Gasteiger partial charge in [0.15, 0.2) is 0 Å². The van der Waals surface area contributed by atoms with Crippen LogP contribution in [0.3, 0.4) is 0 Å². The molecule has 1 aromatic rings. The molecule has 0 bridgehead atoms. The first-order valence-corrected chi connectivity index (χ1v) is 5.71. The molecule has 0 aliphatic carbocycles. The summed E-state index contributed by atoms with van der Waals surface area (Å²) in [6.45, 7) is 6.69. The van der Waals surface area contributed by atoms with Gasteiger partial charge in [-0.1, -0.05) is 32.9 Å². The molecule has 0 amide bonds. The fourth-order valence-corrected chi connectivity index (χ4v) is 1.31. The summed E-state index contributed by atoms with van der Waals surface area (Å²) in [4.78, 5) is 0. The van der Waals surface area contributed by atoms with Crippen LogP contribution in [0.5, 0.6) is 0 Å². The van der Waals surface area contributed by atoms with Gasteiger partial charge in [-0.15, -0.1) is 0 Å². The molecule has 0 aromatic heterocycles. The van der Waals surface area contributed by atoms with E-state index in [1.54, 1.807) is 0 Å². The van der Waals surface area contributed by atoms with Crippen LogP contribution < -0.4 is 0 Å². The number of hydrogen-bond donors (Lipinski definition) is 0. The van der Waals surface area contributed by atoms with Crippen molar-refractivity contribution in [1.29, 1.82) is 0 Å². The van der Waals surface area contributed by atoms with Crippen LogP contribution >= 0.6 is 22.6 Å². The molecule has 0 aliphatic rings. The molecule has 0 spiro atoms. The van der Waals surface area contributed by atoms with Crippen molar-refractivity contribution in [3.8, 4) is 0 Å². The van der Waals surface area contributed by atoms with Gasteiger partial charge in [-0.3, -0.25) is 0 Å². The molecule has 0 unspecified atom stereocenters. The molecule has 1 aromatic carbocycles. The SMILES string of the molecule is CC(C)(C)c1ccc(I)cc1.F[B-](F)(F)F. The molecule has 6 heteroatoms. The zero-order valence-electron chi connectivity index (χ0n) is 9.28. The molecular formula is C10H13BF4I-. The highest BCUT2D eigenvalue weighted by Gasteiger charge is 2.20. The van der Waals surface area contributed by atoms with Crippen molar-refractivity contribution in [2.24, 2.45) is 0 Å². The maximum Gasteiger partial charge on any atom is 0.673 e. The molecule has 0 atom stereocenters. The zero-order valence-corrected chi connectivity index (χ0v) is 11.4. The van der Waals surface area contributed by atoms with Crippen molar-refractivity contribution in [3.63, 3.8) is 0 Å².